The average Bonchev–Trinajstić information content (AvgIpc) is 3.25. The number of anilines is 1. The Morgan fingerprint density at radius 3 is 2.57 bits per heavy atom. The van der Waals surface area contributed by atoms with Crippen LogP contribution in [0.4, 0.5) is 10.1 Å². The smallest absolute Gasteiger partial charge is 0.286 e. The lowest BCUT2D eigenvalue weighted by atomic mass is 10.0. The normalized spacial score (nSPS) is 17.6. The molecule has 0 spiro atoms. The van der Waals surface area contributed by atoms with Gasteiger partial charge in [0.05, 0.1) is 4.90 Å². The van der Waals surface area contributed by atoms with E-state index in [1.807, 2.05) is 18.2 Å². The van der Waals surface area contributed by atoms with Crippen LogP contribution in [0.3, 0.4) is 0 Å². The van der Waals surface area contributed by atoms with Crippen LogP contribution in [0.15, 0.2) is 59.5 Å². The Kier molecular flexibility index (Phi) is 5.89. The fourth-order valence-corrected chi connectivity index (χ4v) is 5.70. The summed E-state index contributed by atoms with van der Waals surface area (Å²) in [6, 6.07) is 13.9. The van der Waals surface area contributed by atoms with E-state index in [4.69, 9.17) is 0 Å². The van der Waals surface area contributed by atoms with Crippen LogP contribution >= 0.6 is 11.3 Å². The molecule has 0 saturated carbocycles. The Balaban J connectivity index is 1.47. The molecule has 0 aliphatic carbocycles. The second kappa shape index (κ2) is 8.58. The number of sulfonamides is 1. The van der Waals surface area contributed by atoms with Gasteiger partial charge >= 0.3 is 0 Å². The van der Waals surface area contributed by atoms with Crippen molar-refractivity contribution >= 4 is 33.0 Å². The number of aromatic nitrogens is 2. The van der Waals surface area contributed by atoms with Crippen molar-refractivity contribution in [2.24, 2.45) is 0 Å². The van der Waals surface area contributed by atoms with Crippen molar-refractivity contribution < 1.29 is 17.6 Å². The van der Waals surface area contributed by atoms with Gasteiger partial charge in [-0.25, -0.2) is 12.8 Å². The number of carbonyl (C=O) groups excluding carboxylic acids is 1. The van der Waals surface area contributed by atoms with E-state index in [0.29, 0.717) is 23.7 Å². The summed E-state index contributed by atoms with van der Waals surface area (Å²) in [4.78, 5) is 12.5. The Morgan fingerprint density at radius 1 is 1.10 bits per heavy atom. The van der Waals surface area contributed by atoms with Gasteiger partial charge in [-0.15, -0.1) is 10.2 Å². The highest BCUT2D eigenvalue weighted by Gasteiger charge is 2.32. The lowest BCUT2D eigenvalue weighted by molar-refractivity contribution is 0.102. The number of piperidine rings is 1. The maximum absolute atomic E-state index is 13.2. The average molecular weight is 447 g/mol. The van der Waals surface area contributed by atoms with Gasteiger partial charge in [0.25, 0.3) is 5.91 Å². The zero-order valence-corrected chi connectivity index (χ0v) is 17.5. The van der Waals surface area contributed by atoms with Gasteiger partial charge in [0.15, 0.2) is 0 Å². The number of rotatable bonds is 5. The Morgan fingerprint density at radius 2 is 1.83 bits per heavy atom. The number of nitrogens with zero attached hydrogens (tertiary/aromatic N) is 3. The fourth-order valence-electron chi connectivity index (χ4n) is 3.32. The van der Waals surface area contributed by atoms with Crippen molar-refractivity contribution in [1.82, 2.24) is 14.5 Å². The van der Waals surface area contributed by atoms with Crippen LogP contribution in [-0.4, -0.2) is 41.9 Å². The lowest BCUT2D eigenvalue weighted by Gasteiger charge is -2.30. The van der Waals surface area contributed by atoms with Crippen LogP contribution in [0.1, 0.15) is 33.6 Å². The molecule has 0 bridgehead atoms. The van der Waals surface area contributed by atoms with Crippen molar-refractivity contribution in [2.45, 2.75) is 23.7 Å². The minimum atomic E-state index is -3.73. The summed E-state index contributed by atoms with van der Waals surface area (Å²) >= 11 is 1.17. The first kappa shape index (κ1) is 20.6. The van der Waals surface area contributed by atoms with Gasteiger partial charge in [0, 0.05) is 24.7 Å². The van der Waals surface area contributed by atoms with E-state index in [9.17, 15) is 17.6 Å². The standard InChI is InChI=1S/C20H19FN4O3S2/c21-15-8-10-17(11-9-15)30(27,28)25-12-4-5-14(13-25)19-23-24-20(29-19)18(26)22-16-6-2-1-3-7-16/h1-3,6-11,14H,4-5,12-13H2,(H,22,26). The molecule has 0 radical (unpaired) electrons. The highest BCUT2D eigenvalue weighted by molar-refractivity contribution is 7.89. The number of hydrogen-bond donors (Lipinski definition) is 1. The van der Waals surface area contributed by atoms with Crippen LogP contribution in [0.25, 0.3) is 0 Å². The van der Waals surface area contributed by atoms with Crippen LogP contribution in [-0.2, 0) is 10.0 Å². The molecular formula is C20H19FN4O3S2. The summed E-state index contributed by atoms with van der Waals surface area (Å²) in [6.07, 6.45) is 1.42. The molecular weight excluding hydrogens is 427 g/mol. The van der Waals surface area contributed by atoms with E-state index < -0.39 is 15.8 Å². The molecule has 156 valence electrons. The molecule has 3 aromatic rings. The number of halogens is 1. The van der Waals surface area contributed by atoms with Gasteiger partial charge in [-0.05, 0) is 49.2 Å². The highest BCUT2D eigenvalue weighted by atomic mass is 32.2. The summed E-state index contributed by atoms with van der Waals surface area (Å²) < 4.78 is 40.3. The Bertz CT molecular complexity index is 1130. The number of hydrogen-bond acceptors (Lipinski definition) is 6. The molecule has 10 heteroatoms. The summed E-state index contributed by atoms with van der Waals surface area (Å²) in [7, 11) is -3.73. The molecule has 1 aromatic heterocycles. The number of benzene rings is 2. The van der Waals surface area contributed by atoms with Gasteiger partial charge in [0.2, 0.25) is 15.0 Å². The number of nitrogens with one attached hydrogen (secondary N) is 1. The minimum absolute atomic E-state index is 0.0599. The molecule has 1 fully saturated rings. The molecule has 4 rings (SSSR count). The van der Waals surface area contributed by atoms with Crippen LogP contribution in [0.2, 0.25) is 0 Å². The Labute approximate surface area is 177 Å². The number of carbonyl (C=O) groups is 1. The van der Waals surface area contributed by atoms with Crippen LogP contribution in [0, 0.1) is 5.82 Å². The number of para-hydroxylation sites is 1. The van der Waals surface area contributed by atoms with Gasteiger partial charge in [0.1, 0.15) is 10.8 Å². The molecule has 2 heterocycles. The summed E-state index contributed by atoms with van der Waals surface area (Å²) in [5.41, 5.74) is 0.661. The first-order valence-electron chi connectivity index (χ1n) is 9.39. The molecule has 1 aliphatic rings. The predicted molar refractivity (Wildman–Crippen MR) is 111 cm³/mol. The second-order valence-electron chi connectivity index (χ2n) is 6.92. The van der Waals surface area contributed by atoms with Crippen molar-refractivity contribution in [2.75, 3.05) is 18.4 Å². The molecule has 1 N–H and O–H groups in total. The maximum Gasteiger partial charge on any atom is 0.286 e. The van der Waals surface area contributed by atoms with Crippen molar-refractivity contribution in [3.05, 3.63) is 70.4 Å². The SMILES string of the molecule is O=C(Nc1ccccc1)c1nnc(C2CCCN(S(=O)(=O)c3ccc(F)cc3)C2)s1. The quantitative estimate of drug-likeness (QED) is 0.648. The molecule has 7 nitrogen and oxygen atoms in total. The highest BCUT2D eigenvalue weighted by Crippen LogP contribution is 2.32. The summed E-state index contributed by atoms with van der Waals surface area (Å²) in [5.74, 6) is -0.984. The van der Waals surface area contributed by atoms with E-state index in [0.717, 1.165) is 18.6 Å². The maximum atomic E-state index is 13.2. The van der Waals surface area contributed by atoms with Crippen molar-refractivity contribution in [1.29, 1.82) is 0 Å². The fraction of sp³-hybridized carbons (Fsp3) is 0.250. The van der Waals surface area contributed by atoms with E-state index in [2.05, 4.69) is 15.5 Å². The summed E-state index contributed by atoms with van der Waals surface area (Å²) in [5, 5.41) is 11.8. The molecule has 30 heavy (non-hydrogen) atoms. The van der Waals surface area contributed by atoms with Crippen LogP contribution in [0.5, 0.6) is 0 Å². The van der Waals surface area contributed by atoms with E-state index in [1.165, 1.54) is 27.8 Å². The molecule has 1 aliphatic heterocycles. The zero-order chi connectivity index (χ0) is 21.1. The monoisotopic (exact) mass is 446 g/mol. The van der Waals surface area contributed by atoms with Gasteiger partial charge in [-0.3, -0.25) is 4.79 Å². The molecule has 1 saturated heterocycles. The van der Waals surface area contributed by atoms with Gasteiger partial charge < -0.3 is 5.32 Å². The number of amides is 1. The third kappa shape index (κ3) is 4.40. The molecule has 1 amide bonds. The molecule has 1 unspecified atom stereocenters. The first-order chi connectivity index (χ1) is 14.4. The van der Waals surface area contributed by atoms with Crippen LogP contribution < -0.4 is 5.32 Å². The van der Waals surface area contributed by atoms with Gasteiger partial charge in [-0.2, -0.15) is 4.31 Å². The zero-order valence-electron chi connectivity index (χ0n) is 15.9. The van der Waals surface area contributed by atoms with E-state index in [-0.39, 0.29) is 28.3 Å². The first-order valence-corrected chi connectivity index (χ1v) is 11.6. The molecule has 1 atom stereocenters. The second-order valence-corrected chi connectivity index (χ2v) is 9.87. The molecule has 2 aromatic carbocycles. The third-order valence-corrected chi connectivity index (χ3v) is 7.82. The minimum Gasteiger partial charge on any atom is -0.320 e. The van der Waals surface area contributed by atoms with E-state index >= 15 is 0 Å². The van der Waals surface area contributed by atoms with Gasteiger partial charge in [-0.1, -0.05) is 29.5 Å². The largest absolute Gasteiger partial charge is 0.320 e. The third-order valence-electron chi connectivity index (χ3n) is 4.85. The summed E-state index contributed by atoms with van der Waals surface area (Å²) in [6.45, 7) is 0.630. The van der Waals surface area contributed by atoms with Crippen molar-refractivity contribution in [3.63, 3.8) is 0 Å². The Hall–Kier alpha value is -2.69. The van der Waals surface area contributed by atoms with Crippen molar-refractivity contribution in [3.8, 4) is 0 Å². The topological polar surface area (TPSA) is 92.3 Å². The van der Waals surface area contributed by atoms with E-state index in [1.54, 1.807) is 12.1 Å². The predicted octanol–water partition coefficient (Wildman–Crippen LogP) is 3.50. The lowest BCUT2D eigenvalue weighted by Crippen LogP contribution is -2.39.